The normalized spacial score (nSPS) is 22.1. The maximum absolute atomic E-state index is 14.3. The van der Waals surface area contributed by atoms with Gasteiger partial charge in [-0.05, 0) is 34.5 Å². The fourth-order valence-corrected chi connectivity index (χ4v) is 6.73. The fraction of sp³-hybridized carbons (Fsp3) is 0.781. The molecule has 1 saturated heterocycles. The van der Waals surface area contributed by atoms with Crippen molar-refractivity contribution in [3.63, 3.8) is 0 Å². The number of piperidine rings is 1. The highest BCUT2D eigenvalue weighted by Crippen LogP contribution is 2.65. The van der Waals surface area contributed by atoms with Crippen LogP contribution in [0.4, 0.5) is 18.0 Å². The molecule has 2 aliphatic rings. The highest BCUT2D eigenvalue weighted by molar-refractivity contribution is 7.87. The number of Topliss-reactive ketones (excluding diaryl/α,β-unsaturated/α-hetero) is 1. The molecule has 5 amide bonds. The molecule has 50 heavy (non-hydrogen) atoms. The van der Waals surface area contributed by atoms with Gasteiger partial charge in [-0.1, -0.05) is 61.5 Å². The number of nitrogens with zero attached hydrogens (tertiary/aromatic N) is 2. The summed E-state index contributed by atoms with van der Waals surface area (Å²) in [5.74, 6) is -4.51. The SMILES string of the molecule is C=CCNC(=O)C(=O)C(CCC(F)(F)F)NC(=O)[C@@H]1[C@@H]2[C@H](CN1C(=O)[C@@H](NC(=O)N[C@H](CNS(=O)(=O)N(C)C)C(C)(C)C)C(C)(C)C)C2(C)C. The number of carbonyl (C=O) groups excluding carboxylic acids is 5. The van der Waals surface area contributed by atoms with E-state index in [9.17, 15) is 45.6 Å². The van der Waals surface area contributed by atoms with E-state index in [-0.39, 0.29) is 25.6 Å². The van der Waals surface area contributed by atoms with Crippen LogP contribution in [-0.2, 0) is 29.4 Å². The second kappa shape index (κ2) is 15.6. The van der Waals surface area contributed by atoms with E-state index in [1.165, 1.54) is 25.1 Å². The number of halogens is 3. The van der Waals surface area contributed by atoms with Crippen LogP contribution in [0, 0.1) is 28.1 Å². The zero-order valence-corrected chi connectivity index (χ0v) is 31.4. The van der Waals surface area contributed by atoms with Crippen molar-refractivity contribution in [1.82, 2.24) is 35.2 Å². The molecule has 1 unspecified atom stereocenters. The number of rotatable bonds is 15. The van der Waals surface area contributed by atoms with Crippen LogP contribution in [0.1, 0.15) is 68.2 Å². The molecule has 2 rings (SSSR count). The van der Waals surface area contributed by atoms with Gasteiger partial charge in [-0.3, -0.25) is 19.2 Å². The van der Waals surface area contributed by atoms with Crippen molar-refractivity contribution >= 4 is 39.7 Å². The van der Waals surface area contributed by atoms with Gasteiger partial charge in [0.05, 0.1) is 6.04 Å². The zero-order valence-electron chi connectivity index (χ0n) is 30.6. The van der Waals surface area contributed by atoms with Gasteiger partial charge in [0, 0.05) is 46.2 Å². The van der Waals surface area contributed by atoms with Crippen molar-refractivity contribution in [3.8, 4) is 0 Å². The minimum atomic E-state index is -4.67. The number of nitrogens with one attached hydrogen (secondary N) is 5. The second-order valence-corrected chi connectivity index (χ2v) is 17.9. The first-order valence-electron chi connectivity index (χ1n) is 16.4. The molecule has 1 heterocycles. The third-order valence-electron chi connectivity index (χ3n) is 9.43. The monoisotopic (exact) mass is 737 g/mol. The number of alkyl halides is 3. The average Bonchev–Trinajstić information content (AvgIpc) is 3.27. The number of fused-ring (bicyclic) bond motifs is 1. The van der Waals surface area contributed by atoms with Crippen molar-refractivity contribution in [2.24, 2.45) is 28.1 Å². The Bertz CT molecular complexity index is 1420. The first kappa shape index (κ1) is 42.9. The second-order valence-electron chi connectivity index (χ2n) is 15.9. The Morgan fingerprint density at radius 3 is 2.04 bits per heavy atom. The number of hydrogen-bond donors (Lipinski definition) is 5. The Kier molecular flexibility index (Phi) is 13.3. The lowest BCUT2D eigenvalue weighted by molar-refractivity contribution is -0.148. The lowest BCUT2D eigenvalue weighted by atomic mass is 9.85. The van der Waals surface area contributed by atoms with Gasteiger partial charge in [-0.15, -0.1) is 6.58 Å². The molecule has 1 saturated carbocycles. The molecule has 5 N–H and O–H groups in total. The first-order chi connectivity index (χ1) is 22.6. The third kappa shape index (κ3) is 10.9. The van der Waals surface area contributed by atoms with Gasteiger partial charge in [-0.2, -0.15) is 25.9 Å². The van der Waals surface area contributed by atoms with E-state index in [1.54, 1.807) is 41.5 Å². The molecule has 0 aromatic heterocycles. The topological polar surface area (TPSA) is 186 Å². The Labute approximate surface area is 293 Å². The molecule has 18 heteroatoms. The van der Waals surface area contributed by atoms with Crippen molar-refractivity contribution in [2.45, 2.75) is 98.6 Å². The molecule has 286 valence electrons. The summed E-state index contributed by atoms with van der Waals surface area (Å²) in [6.07, 6.45) is -5.73. The van der Waals surface area contributed by atoms with E-state index in [4.69, 9.17) is 0 Å². The number of amides is 5. The van der Waals surface area contributed by atoms with E-state index in [0.29, 0.717) is 0 Å². The molecule has 0 aromatic carbocycles. The molecule has 6 atom stereocenters. The van der Waals surface area contributed by atoms with Crippen LogP contribution in [-0.4, -0.2) is 111 Å². The standard InChI is InChI=1S/C32H54F3N7O7S/c1-12-15-36-26(45)23(43)19(13-14-32(33,34)35)38-25(44)22-21-18(31(21,8)9)17-42(22)27(46)24(30(5,6)7)40-28(47)39-20(29(2,3)4)16-37-50(48,49)41(10)11/h12,18-22,24,37H,1,13-17H2,2-11H3,(H,36,45)(H,38,44)(H2,39,40,47)/t18-,19?,20+,21-,22-,24+/m0/s1. The van der Waals surface area contributed by atoms with Crippen LogP contribution in [0.25, 0.3) is 0 Å². The summed E-state index contributed by atoms with van der Waals surface area (Å²) in [5, 5.41) is 10.00. The van der Waals surface area contributed by atoms with E-state index >= 15 is 0 Å². The maximum atomic E-state index is 14.3. The van der Waals surface area contributed by atoms with Crippen molar-refractivity contribution < 1.29 is 45.6 Å². The minimum Gasteiger partial charge on any atom is -0.346 e. The van der Waals surface area contributed by atoms with Crippen LogP contribution in [0.2, 0.25) is 0 Å². The summed E-state index contributed by atoms with van der Waals surface area (Å²) in [6.45, 7) is 17.5. The Morgan fingerprint density at radius 1 is 0.980 bits per heavy atom. The molecule has 2 fully saturated rings. The quantitative estimate of drug-likeness (QED) is 0.125. The molecule has 0 bridgehead atoms. The van der Waals surface area contributed by atoms with E-state index in [0.717, 1.165) is 4.31 Å². The number of hydrogen-bond acceptors (Lipinski definition) is 7. The molecule has 14 nitrogen and oxygen atoms in total. The van der Waals surface area contributed by atoms with Gasteiger partial charge in [0.1, 0.15) is 12.1 Å². The summed E-state index contributed by atoms with van der Waals surface area (Å²) < 4.78 is 67.6. The van der Waals surface area contributed by atoms with Gasteiger partial charge < -0.3 is 26.2 Å². The van der Waals surface area contributed by atoms with Crippen molar-refractivity contribution in [3.05, 3.63) is 12.7 Å². The largest absolute Gasteiger partial charge is 0.389 e. The summed E-state index contributed by atoms with van der Waals surface area (Å²) in [5.41, 5.74) is -1.94. The predicted molar refractivity (Wildman–Crippen MR) is 180 cm³/mol. The molecule has 0 aromatic rings. The van der Waals surface area contributed by atoms with Crippen LogP contribution in [0.3, 0.4) is 0 Å². The summed E-state index contributed by atoms with van der Waals surface area (Å²) >= 11 is 0. The molecule has 1 aliphatic carbocycles. The highest BCUT2D eigenvalue weighted by Gasteiger charge is 2.70. The van der Waals surface area contributed by atoms with Crippen LogP contribution in [0.15, 0.2) is 12.7 Å². The minimum absolute atomic E-state index is 0.113. The first-order valence-corrected chi connectivity index (χ1v) is 17.8. The Morgan fingerprint density at radius 2 is 1.56 bits per heavy atom. The van der Waals surface area contributed by atoms with Crippen LogP contribution in [0.5, 0.6) is 0 Å². The fourth-order valence-electron chi connectivity index (χ4n) is 6.09. The lowest BCUT2D eigenvalue weighted by Crippen LogP contribution is -2.62. The maximum Gasteiger partial charge on any atom is 0.389 e. The summed E-state index contributed by atoms with van der Waals surface area (Å²) in [4.78, 5) is 68.1. The van der Waals surface area contributed by atoms with Crippen molar-refractivity contribution in [2.75, 3.05) is 33.7 Å². The molecule has 0 radical (unpaired) electrons. The number of urea groups is 1. The number of carbonyl (C=O) groups is 5. The number of likely N-dealkylation sites (tertiary alicyclic amines) is 1. The Balaban J connectivity index is 2.36. The third-order valence-corrected chi connectivity index (χ3v) is 10.9. The van der Waals surface area contributed by atoms with Crippen LogP contribution >= 0.6 is 0 Å². The van der Waals surface area contributed by atoms with Gasteiger partial charge in [0.15, 0.2) is 0 Å². The van der Waals surface area contributed by atoms with E-state index < -0.39 is 105 Å². The molecular weight excluding hydrogens is 683 g/mol. The summed E-state index contributed by atoms with van der Waals surface area (Å²) in [7, 11) is -1.10. The van der Waals surface area contributed by atoms with Gasteiger partial charge >= 0.3 is 12.2 Å². The van der Waals surface area contributed by atoms with Crippen LogP contribution < -0.4 is 26.0 Å². The lowest BCUT2D eigenvalue weighted by Gasteiger charge is -2.38. The van der Waals surface area contributed by atoms with Gasteiger partial charge in [-0.25, -0.2) is 9.52 Å². The smallest absolute Gasteiger partial charge is 0.346 e. The highest BCUT2D eigenvalue weighted by atomic mass is 32.2. The van der Waals surface area contributed by atoms with Crippen molar-refractivity contribution in [1.29, 1.82) is 0 Å². The molecule has 1 aliphatic heterocycles. The zero-order chi connectivity index (χ0) is 38.8. The molecular formula is C32H54F3N7O7S. The number of ketones is 1. The molecule has 0 spiro atoms. The van der Waals surface area contributed by atoms with E-state index in [2.05, 4.69) is 32.6 Å². The van der Waals surface area contributed by atoms with Gasteiger partial charge in [0.25, 0.3) is 16.1 Å². The van der Waals surface area contributed by atoms with Gasteiger partial charge in [0.2, 0.25) is 17.6 Å². The predicted octanol–water partition coefficient (Wildman–Crippen LogP) is 1.69. The van der Waals surface area contributed by atoms with E-state index in [1.807, 2.05) is 13.8 Å². The Hall–Kier alpha value is -3.25. The average molecular weight is 738 g/mol. The summed E-state index contributed by atoms with van der Waals surface area (Å²) in [6, 6.07) is -5.70.